The molecule has 0 atom stereocenters. The van der Waals surface area contributed by atoms with E-state index in [9.17, 15) is 14.9 Å². The lowest BCUT2D eigenvalue weighted by atomic mass is 10.0. The molecule has 1 heterocycles. The lowest BCUT2D eigenvalue weighted by molar-refractivity contribution is -0.384. The number of aromatic nitrogens is 1. The number of pyridine rings is 1. The van der Waals surface area contributed by atoms with Gasteiger partial charge in [-0.25, -0.2) is 4.98 Å². The monoisotopic (exact) mass is 471 g/mol. The predicted octanol–water partition coefficient (Wildman–Crippen LogP) is 7.02. The number of halogens is 3. The molecule has 0 bridgehead atoms. The Balaban J connectivity index is 1.80. The second-order valence-electron chi connectivity index (χ2n) is 6.57. The van der Waals surface area contributed by atoms with Crippen LogP contribution in [0.5, 0.6) is 0 Å². The number of nitrogens with zero attached hydrogens (tertiary/aromatic N) is 2. The maximum atomic E-state index is 13.1. The number of nitro benzene ring substituents is 1. The molecule has 1 N–H and O–H groups in total. The maximum Gasteiger partial charge on any atom is 0.289 e. The molecule has 0 saturated carbocycles. The van der Waals surface area contributed by atoms with Crippen LogP contribution in [0.15, 0.2) is 66.7 Å². The fourth-order valence-electron chi connectivity index (χ4n) is 3.13. The molecular weight excluding hydrogens is 461 g/mol. The van der Waals surface area contributed by atoms with E-state index < -0.39 is 10.8 Å². The molecule has 6 nitrogen and oxygen atoms in total. The molecule has 0 aliphatic carbocycles. The fraction of sp³-hybridized carbons (Fsp3) is 0. The van der Waals surface area contributed by atoms with E-state index in [0.29, 0.717) is 37.8 Å². The highest BCUT2D eigenvalue weighted by Gasteiger charge is 2.18. The number of anilines is 1. The van der Waals surface area contributed by atoms with Crippen LogP contribution in [0.1, 0.15) is 10.4 Å². The van der Waals surface area contributed by atoms with Gasteiger partial charge in [0.25, 0.3) is 11.6 Å². The number of nitrogens with one attached hydrogen (secondary N) is 1. The van der Waals surface area contributed by atoms with Crippen LogP contribution < -0.4 is 5.32 Å². The van der Waals surface area contributed by atoms with Crippen molar-refractivity contribution in [3.05, 3.63) is 97.5 Å². The molecule has 4 rings (SSSR count). The summed E-state index contributed by atoms with van der Waals surface area (Å²) in [7, 11) is 0. The smallest absolute Gasteiger partial charge is 0.289 e. The minimum atomic E-state index is -0.611. The van der Waals surface area contributed by atoms with Gasteiger partial charge >= 0.3 is 0 Å². The van der Waals surface area contributed by atoms with Gasteiger partial charge in [0, 0.05) is 27.7 Å². The average Bonchev–Trinajstić information content (AvgIpc) is 2.74. The van der Waals surface area contributed by atoms with E-state index in [1.54, 1.807) is 42.5 Å². The number of para-hydroxylation sites is 1. The van der Waals surface area contributed by atoms with Crippen molar-refractivity contribution in [2.24, 2.45) is 0 Å². The van der Waals surface area contributed by atoms with E-state index in [2.05, 4.69) is 10.3 Å². The number of benzene rings is 3. The molecule has 0 unspecified atom stereocenters. The van der Waals surface area contributed by atoms with E-state index in [4.69, 9.17) is 34.8 Å². The van der Waals surface area contributed by atoms with Crippen molar-refractivity contribution in [2.45, 2.75) is 0 Å². The first-order valence-corrected chi connectivity index (χ1v) is 10.1. The lowest BCUT2D eigenvalue weighted by Crippen LogP contribution is -2.13. The van der Waals surface area contributed by atoms with Crippen LogP contribution in [0.4, 0.5) is 11.4 Å². The molecule has 3 aromatic carbocycles. The van der Waals surface area contributed by atoms with Gasteiger partial charge in [0.15, 0.2) is 0 Å². The van der Waals surface area contributed by atoms with Crippen molar-refractivity contribution in [3.8, 4) is 11.3 Å². The largest absolute Gasteiger partial charge is 0.322 e. The van der Waals surface area contributed by atoms with Crippen molar-refractivity contribution in [1.29, 1.82) is 0 Å². The number of hydrogen-bond donors (Lipinski definition) is 1. The first-order valence-electron chi connectivity index (χ1n) is 8.94. The van der Waals surface area contributed by atoms with Crippen molar-refractivity contribution < 1.29 is 9.72 Å². The normalized spacial score (nSPS) is 10.8. The molecule has 9 heteroatoms. The van der Waals surface area contributed by atoms with Crippen LogP contribution in [-0.4, -0.2) is 15.8 Å². The summed E-state index contributed by atoms with van der Waals surface area (Å²) >= 11 is 18.2. The van der Waals surface area contributed by atoms with Crippen LogP contribution in [0, 0.1) is 10.1 Å². The van der Waals surface area contributed by atoms with Crippen LogP contribution in [-0.2, 0) is 0 Å². The Morgan fingerprint density at radius 1 is 0.935 bits per heavy atom. The Morgan fingerprint density at radius 3 is 2.45 bits per heavy atom. The summed E-state index contributed by atoms with van der Waals surface area (Å²) in [5, 5.41) is 15.3. The molecule has 4 aromatic rings. The number of fused-ring (bicyclic) bond motifs is 1. The third kappa shape index (κ3) is 4.32. The Bertz CT molecular complexity index is 1360. The number of carbonyl (C=O) groups excluding carboxylic acids is 1. The van der Waals surface area contributed by atoms with Crippen LogP contribution >= 0.6 is 34.8 Å². The second kappa shape index (κ2) is 8.51. The quantitative estimate of drug-likeness (QED) is 0.255. The highest BCUT2D eigenvalue weighted by atomic mass is 35.5. The molecule has 0 spiro atoms. The molecule has 1 aromatic heterocycles. The van der Waals surface area contributed by atoms with Gasteiger partial charge in [-0.1, -0.05) is 53.0 Å². The average molecular weight is 473 g/mol. The standard InChI is InChI=1S/C22H12Cl3N3O3/c23-12-5-7-15(18(25)9-12)20-11-16(14-3-1-2-4-19(14)27-20)22(29)26-13-6-8-17(24)21(10-13)28(30)31/h1-11H,(H,26,29). The topological polar surface area (TPSA) is 85.1 Å². The summed E-state index contributed by atoms with van der Waals surface area (Å²) < 4.78 is 0. The molecule has 31 heavy (non-hydrogen) atoms. The molecule has 154 valence electrons. The van der Waals surface area contributed by atoms with Crippen molar-refractivity contribution >= 4 is 63.0 Å². The Labute approximate surface area is 191 Å². The van der Waals surface area contributed by atoms with Gasteiger partial charge in [-0.15, -0.1) is 0 Å². The summed E-state index contributed by atoms with van der Waals surface area (Å²) in [4.78, 5) is 28.3. The van der Waals surface area contributed by atoms with Gasteiger partial charge < -0.3 is 5.32 Å². The molecule has 0 aliphatic heterocycles. The van der Waals surface area contributed by atoms with E-state index >= 15 is 0 Å². The van der Waals surface area contributed by atoms with E-state index in [-0.39, 0.29) is 16.4 Å². The second-order valence-corrected chi connectivity index (χ2v) is 7.82. The minimum absolute atomic E-state index is 0.0166. The van der Waals surface area contributed by atoms with Gasteiger partial charge in [0.1, 0.15) is 5.02 Å². The zero-order chi connectivity index (χ0) is 22.1. The summed E-state index contributed by atoms with van der Waals surface area (Å²) in [6.45, 7) is 0. The molecular formula is C22H12Cl3N3O3. The number of hydrogen-bond acceptors (Lipinski definition) is 4. The summed E-state index contributed by atoms with van der Waals surface area (Å²) in [6, 6.07) is 17.9. The Kier molecular flexibility index (Phi) is 5.78. The third-order valence-corrected chi connectivity index (χ3v) is 5.44. The van der Waals surface area contributed by atoms with E-state index in [1.807, 2.05) is 6.07 Å². The number of rotatable bonds is 4. The summed E-state index contributed by atoms with van der Waals surface area (Å²) in [5.41, 5.74) is 1.99. The Hall–Kier alpha value is -3.19. The SMILES string of the molecule is O=C(Nc1ccc(Cl)c([N+](=O)[O-])c1)c1cc(-c2ccc(Cl)cc2Cl)nc2ccccc12. The number of nitro groups is 1. The highest BCUT2D eigenvalue weighted by Crippen LogP contribution is 2.32. The van der Waals surface area contributed by atoms with Crippen molar-refractivity contribution in [2.75, 3.05) is 5.32 Å². The van der Waals surface area contributed by atoms with E-state index in [0.717, 1.165) is 0 Å². The number of carbonyl (C=O) groups is 1. The summed E-state index contributed by atoms with van der Waals surface area (Å²) in [5.74, 6) is -0.457. The zero-order valence-electron chi connectivity index (χ0n) is 15.6. The minimum Gasteiger partial charge on any atom is -0.322 e. The van der Waals surface area contributed by atoms with Crippen LogP contribution in [0.25, 0.3) is 22.2 Å². The molecule has 0 aliphatic rings. The van der Waals surface area contributed by atoms with Gasteiger partial charge in [0.05, 0.1) is 26.7 Å². The van der Waals surface area contributed by atoms with Gasteiger partial charge in [-0.2, -0.15) is 0 Å². The van der Waals surface area contributed by atoms with Crippen LogP contribution in [0.3, 0.4) is 0 Å². The van der Waals surface area contributed by atoms with Gasteiger partial charge in [0.2, 0.25) is 0 Å². The molecule has 0 radical (unpaired) electrons. The fourth-order valence-corrected chi connectivity index (χ4v) is 3.82. The van der Waals surface area contributed by atoms with Crippen molar-refractivity contribution in [3.63, 3.8) is 0 Å². The van der Waals surface area contributed by atoms with Crippen molar-refractivity contribution in [1.82, 2.24) is 4.98 Å². The maximum absolute atomic E-state index is 13.1. The Morgan fingerprint density at radius 2 is 1.71 bits per heavy atom. The first-order chi connectivity index (χ1) is 14.8. The van der Waals surface area contributed by atoms with Crippen LogP contribution in [0.2, 0.25) is 15.1 Å². The molecule has 1 amide bonds. The zero-order valence-corrected chi connectivity index (χ0v) is 17.9. The third-order valence-electron chi connectivity index (χ3n) is 4.57. The first kappa shape index (κ1) is 21.1. The van der Waals surface area contributed by atoms with Gasteiger partial charge in [-0.05, 0) is 42.5 Å². The molecule has 0 fully saturated rings. The number of amides is 1. The lowest BCUT2D eigenvalue weighted by Gasteiger charge is -2.12. The highest BCUT2D eigenvalue weighted by molar-refractivity contribution is 6.36. The summed E-state index contributed by atoms with van der Waals surface area (Å²) in [6.07, 6.45) is 0. The van der Waals surface area contributed by atoms with E-state index in [1.165, 1.54) is 18.2 Å². The molecule has 0 saturated heterocycles. The predicted molar refractivity (Wildman–Crippen MR) is 123 cm³/mol. The van der Waals surface area contributed by atoms with Gasteiger partial charge in [-0.3, -0.25) is 14.9 Å².